The van der Waals surface area contributed by atoms with E-state index in [1.54, 1.807) is 0 Å². The number of hydrogen-bond acceptors (Lipinski definition) is 0. The van der Waals surface area contributed by atoms with Crippen molar-refractivity contribution < 1.29 is 35.6 Å². The molecule has 202 valence electrons. The summed E-state index contributed by atoms with van der Waals surface area (Å²) in [6.07, 6.45) is 0. The van der Waals surface area contributed by atoms with Crippen molar-refractivity contribution in [2.75, 3.05) is 0 Å². The highest BCUT2D eigenvalue weighted by molar-refractivity contribution is 6.27. The molecule has 0 N–H and O–H groups in total. The van der Waals surface area contributed by atoms with Gasteiger partial charge in [-0.3, -0.25) is 0 Å². The molecule has 44 heavy (non-hydrogen) atoms. The highest BCUT2D eigenvalue weighted by Gasteiger charge is 2.18. The first-order valence-electron chi connectivity index (χ1n) is 26.2. The maximum atomic E-state index is 10.2. The van der Waals surface area contributed by atoms with Gasteiger partial charge in [-0.15, -0.1) is 0 Å². The second-order valence-electron chi connectivity index (χ2n) is 10.0. The third-order valence-corrected chi connectivity index (χ3v) is 7.69. The molecule has 0 heterocycles. The summed E-state index contributed by atoms with van der Waals surface area (Å²) in [5.41, 5.74) is -4.86. The molecule has 10 rings (SSSR count). The summed E-state index contributed by atoms with van der Waals surface area (Å²) in [6, 6.07) is -22.5. The van der Waals surface area contributed by atoms with Gasteiger partial charge in [0.05, 0.1) is 35.6 Å². The van der Waals surface area contributed by atoms with Gasteiger partial charge in [-0.2, -0.15) is 0 Å². The van der Waals surface area contributed by atoms with Crippen molar-refractivity contribution in [3.8, 4) is 33.4 Å². The van der Waals surface area contributed by atoms with Crippen LogP contribution >= 0.6 is 0 Å². The molecule has 10 aromatic rings. The standard InChI is InChI=1S/C44H26/c1-2-6-27(7-3-1)35-22-20-34(36-21-16-32-14-12-28-8-4-10-30-18-24-38(36)43(32)41(28)30)26-40(35)37-23-17-33-15-13-29-9-5-11-31-19-25-39(37)44(33)42(29)31/h1-26H/i1D,2D,3D,4D,5D,6D,7D,8D,9D,10D,11D,12D,13D,14D,15D,16D,17D,18D,19D,20D,21D,22D,23D,24D,25D,26D. The van der Waals surface area contributed by atoms with Crippen molar-refractivity contribution in [2.45, 2.75) is 0 Å². The molecule has 0 nitrogen and oxygen atoms in total. The zero-order valence-electron chi connectivity index (χ0n) is 48.0. The Morgan fingerprint density at radius 3 is 1.32 bits per heavy atom. The smallest absolute Gasteiger partial charge is 0.0622 e. The van der Waals surface area contributed by atoms with E-state index < -0.39 is 234 Å². The minimum absolute atomic E-state index is 0.299. The van der Waals surface area contributed by atoms with Gasteiger partial charge < -0.3 is 0 Å². The summed E-state index contributed by atoms with van der Waals surface area (Å²) >= 11 is 0. The van der Waals surface area contributed by atoms with Gasteiger partial charge in [-0.05, 0) is 104 Å². The largest absolute Gasteiger partial charge is 0.0636 e. The first-order valence-corrected chi connectivity index (χ1v) is 13.2. The third-order valence-electron chi connectivity index (χ3n) is 7.69. The van der Waals surface area contributed by atoms with Crippen LogP contribution in [0.4, 0.5) is 0 Å². The Morgan fingerprint density at radius 1 is 0.273 bits per heavy atom. The van der Waals surface area contributed by atoms with Crippen LogP contribution in [0, 0.1) is 0 Å². The van der Waals surface area contributed by atoms with E-state index >= 15 is 0 Å². The fraction of sp³-hybridized carbons (Fsp3) is 0. The molecule has 0 aliphatic heterocycles. The highest BCUT2D eigenvalue weighted by atomic mass is 14.2. The van der Waals surface area contributed by atoms with Gasteiger partial charge in [0, 0.05) is 0 Å². The van der Waals surface area contributed by atoms with Crippen LogP contribution in [0.1, 0.15) is 35.6 Å². The fourth-order valence-electron chi connectivity index (χ4n) is 5.78. The molecule has 0 saturated heterocycles. The zero-order chi connectivity index (χ0) is 51.4. The average Bonchev–Trinajstić information content (AvgIpc) is 3.31. The van der Waals surface area contributed by atoms with E-state index in [2.05, 4.69) is 0 Å². The molecule has 0 unspecified atom stereocenters. The Bertz CT molecular complexity index is 4100. The second-order valence-corrected chi connectivity index (χ2v) is 10.0. The lowest BCUT2D eigenvalue weighted by atomic mass is 9.85. The lowest BCUT2D eigenvalue weighted by Gasteiger charge is -2.19. The SMILES string of the molecule is [2H]c1c([2H])c([2H])c(-c2c([2H])c([2H])c(-c3c([2H])c([2H])c4c([2H])c([2H])c5c([2H])c([2H])c([2H])c6c([2H])c([2H])c3c4c56)c([2H])c2-c2c([2H])c([2H])c3c([2H])c([2H])c4c([2H])c([2H])c([2H])c5c([2H])c([2H])c2c3c45)c([2H])c1[2H]. The van der Waals surface area contributed by atoms with E-state index in [0.717, 1.165) is 0 Å². The monoisotopic (exact) mass is 580 g/mol. The predicted octanol–water partition coefficient (Wildman–Crippen LogP) is 12.5. The van der Waals surface area contributed by atoms with Crippen LogP contribution in [0.15, 0.2) is 157 Å². The maximum absolute atomic E-state index is 10.2. The molecular weight excluding hydrogens is 528 g/mol. The van der Waals surface area contributed by atoms with Crippen molar-refractivity contribution >= 4 is 64.6 Å². The molecular formula is C44H26. The minimum atomic E-state index is -1.09. The van der Waals surface area contributed by atoms with Crippen molar-refractivity contribution in [1.29, 1.82) is 0 Å². The molecule has 0 fully saturated rings. The van der Waals surface area contributed by atoms with E-state index in [1.807, 2.05) is 0 Å². The Hall–Kier alpha value is -5.72. The average molecular weight is 581 g/mol. The molecule has 0 atom stereocenters. The highest BCUT2D eigenvalue weighted by Crippen LogP contribution is 2.45. The van der Waals surface area contributed by atoms with Gasteiger partial charge >= 0.3 is 0 Å². The number of benzene rings is 10. The third kappa shape index (κ3) is 3.28. The van der Waals surface area contributed by atoms with Crippen LogP contribution in [0.5, 0.6) is 0 Å². The normalized spacial score (nSPS) is 20.4. The molecule has 0 saturated carbocycles. The van der Waals surface area contributed by atoms with Crippen molar-refractivity contribution in [2.24, 2.45) is 0 Å². The van der Waals surface area contributed by atoms with Crippen LogP contribution in [0.3, 0.4) is 0 Å². The van der Waals surface area contributed by atoms with Crippen LogP contribution in [0.25, 0.3) is 98.0 Å². The number of hydrogen-bond donors (Lipinski definition) is 0. The second kappa shape index (κ2) is 8.89. The van der Waals surface area contributed by atoms with Gasteiger partial charge in [-0.1, -0.05) is 151 Å². The Balaban J connectivity index is 1.54. The van der Waals surface area contributed by atoms with E-state index in [1.165, 1.54) is 0 Å². The van der Waals surface area contributed by atoms with E-state index in [-0.39, 0.29) is 21.5 Å². The first-order chi connectivity index (χ1) is 32.7. The zero-order valence-corrected chi connectivity index (χ0v) is 22.0. The molecule has 0 radical (unpaired) electrons. The van der Waals surface area contributed by atoms with E-state index in [9.17, 15) is 13.7 Å². The van der Waals surface area contributed by atoms with Gasteiger partial charge in [0.2, 0.25) is 0 Å². The van der Waals surface area contributed by atoms with Gasteiger partial charge in [-0.25, -0.2) is 0 Å². The topological polar surface area (TPSA) is 0 Å². The Kier molecular flexibility index (Phi) is 2.00. The quantitative estimate of drug-likeness (QED) is 0.182. The Morgan fingerprint density at radius 2 is 0.727 bits per heavy atom. The minimum Gasteiger partial charge on any atom is -0.0622 e. The Labute approximate surface area is 291 Å². The van der Waals surface area contributed by atoms with Gasteiger partial charge in [0.15, 0.2) is 0 Å². The fourth-order valence-corrected chi connectivity index (χ4v) is 5.78. The molecule has 0 amide bonds. The van der Waals surface area contributed by atoms with Crippen LogP contribution in [-0.4, -0.2) is 0 Å². The van der Waals surface area contributed by atoms with Crippen molar-refractivity contribution in [3.63, 3.8) is 0 Å². The van der Waals surface area contributed by atoms with Crippen LogP contribution in [0.2, 0.25) is 0 Å². The molecule has 0 aliphatic rings. The van der Waals surface area contributed by atoms with Crippen LogP contribution < -0.4 is 0 Å². The summed E-state index contributed by atoms with van der Waals surface area (Å²) in [5.74, 6) is 0. The van der Waals surface area contributed by atoms with Crippen molar-refractivity contribution in [1.82, 2.24) is 0 Å². The maximum Gasteiger partial charge on any atom is 0.0636 e. The summed E-state index contributed by atoms with van der Waals surface area (Å²) < 4.78 is 236. The lowest BCUT2D eigenvalue weighted by Crippen LogP contribution is -1.92. The number of rotatable bonds is 3. The summed E-state index contributed by atoms with van der Waals surface area (Å²) in [7, 11) is 0. The van der Waals surface area contributed by atoms with E-state index in [4.69, 9.17) is 21.9 Å². The van der Waals surface area contributed by atoms with Crippen LogP contribution in [-0.2, 0) is 0 Å². The molecule has 0 aliphatic carbocycles. The van der Waals surface area contributed by atoms with Gasteiger partial charge in [0.25, 0.3) is 0 Å². The van der Waals surface area contributed by atoms with E-state index in [0.29, 0.717) is 0 Å². The van der Waals surface area contributed by atoms with Gasteiger partial charge in [0.1, 0.15) is 0 Å². The molecule has 10 aromatic carbocycles. The summed E-state index contributed by atoms with van der Waals surface area (Å²) in [4.78, 5) is 0. The molecule has 0 spiro atoms. The molecule has 0 heteroatoms. The first kappa shape index (κ1) is 9.91. The lowest BCUT2D eigenvalue weighted by molar-refractivity contribution is 1.59. The molecule has 0 bridgehead atoms. The van der Waals surface area contributed by atoms with Crippen molar-refractivity contribution in [3.05, 3.63) is 157 Å². The summed E-state index contributed by atoms with van der Waals surface area (Å²) in [6.45, 7) is 0. The summed E-state index contributed by atoms with van der Waals surface area (Å²) in [5, 5.41) is -5.24. The predicted molar refractivity (Wildman–Crippen MR) is 190 cm³/mol. The molecule has 0 aromatic heterocycles.